The minimum atomic E-state index is -1.17. The quantitative estimate of drug-likeness (QED) is 0.119. The van der Waals surface area contributed by atoms with Crippen molar-refractivity contribution in [1.29, 1.82) is 0 Å². The number of carbonyl (C=O) groups excluding carboxylic acids is 3. The molecule has 178 valence electrons. The van der Waals surface area contributed by atoms with Crippen LogP contribution in [0.25, 0.3) is 0 Å². The fourth-order valence-electron chi connectivity index (χ4n) is 2.83. The molecule has 0 saturated carbocycles. The predicted molar refractivity (Wildman–Crippen MR) is 128 cm³/mol. The zero-order chi connectivity index (χ0) is 25.5. The van der Waals surface area contributed by atoms with Crippen molar-refractivity contribution in [1.82, 2.24) is 5.43 Å². The number of rotatable bonds is 6. The molecule has 0 radical (unpaired) electrons. The first kappa shape index (κ1) is 25.2. The third-order valence-corrected chi connectivity index (χ3v) is 5.00. The van der Waals surface area contributed by atoms with Crippen LogP contribution in [-0.2, 0) is 9.59 Å². The number of para-hydroxylation sites is 2. The first-order valence-corrected chi connectivity index (χ1v) is 10.6. The van der Waals surface area contributed by atoms with Crippen molar-refractivity contribution in [2.75, 3.05) is 5.32 Å². The number of nitro benzene ring substituents is 1. The van der Waals surface area contributed by atoms with E-state index in [0.717, 1.165) is 6.07 Å². The predicted octanol–water partition coefficient (Wildman–Crippen LogP) is 4.19. The number of carbonyl (C=O) groups is 3. The van der Waals surface area contributed by atoms with Gasteiger partial charge in [-0.2, -0.15) is 5.10 Å². The molecule has 0 fully saturated rings. The Morgan fingerprint density at radius 2 is 1.66 bits per heavy atom. The fraction of sp³-hybridized carbons (Fsp3) is 0.0435. The van der Waals surface area contributed by atoms with Gasteiger partial charge in [0.25, 0.3) is 5.69 Å². The molecule has 0 spiro atoms. The van der Waals surface area contributed by atoms with Crippen molar-refractivity contribution in [2.24, 2.45) is 5.10 Å². The van der Waals surface area contributed by atoms with E-state index in [1.165, 1.54) is 55.5 Å². The highest BCUT2D eigenvalue weighted by atomic mass is 79.9. The molecule has 3 aromatic rings. The molecule has 0 atom stereocenters. The van der Waals surface area contributed by atoms with E-state index in [0.29, 0.717) is 4.47 Å². The summed E-state index contributed by atoms with van der Waals surface area (Å²) in [5, 5.41) is 17.2. The summed E-state index contributed by atoms with van der Waals surface area (Å²) in [6, 6.07) is 15.4. The lowest BCUT2D eigenvalue weighted by Gasteiger charge is -2.10. The van der Waals surface area contributed by atoms with Crippen LogP contribution in [0.2, 0.25) is 0 Å². The highest BCUT2D eigenvalue weighted by Crippen LogP contribution is 2.24. The Hall–Kier alpha value is -4.45. The molecule has 0 bridgehead atoms. The maximum atomic E-state index is 13.9. The summed E-state index contributed by atoms with van der Waals surface area (Å²) in [4.78, 5) is 47.2. The normalized spacial score (nSPS) is 10.9. The maximum absolute atomic E-state index is 13.9. The summed E-state index contributed by atoms with van der Waals surface area (Å²) in [5.41, 5.74) is 1.63. The van der Waals surface area contributed by atoms with E-state index >= 15 is 0 Å². The molecule has 0 heterocycles. The van der Waals surface area contributed by atoms with E-state index in [-0.39, 0.29) is 28.3 Å². The number of nitrogens with zero attached hydrogens (tertiary/aromatic N) is 2. The molecule has 0 aromatic heterocycles. The van der Waals surface area contributed by atoms with Crippen molar-refractivity contribution in [2.45, 2.75) is 6.92 Å². The average molecular weight is 543 g/mol. The van der Waals surface area contributed by atoms with Gasteiger partial charge in [0.05, 0.1) is 16.3 Å². The van der Waals surface area contributed by atoms with Crippen LogP contribution in [0.1, 0.15) is 22.8 Å². The van der Waals surface area contributed by atoms with Gasteiger partial charge in [-0.05, 0) is 43.3 Å². The lowest BCUT2D eigenvalue weighted by Crippen LogP contribution is -2.33. The number of amides is 2. The second-order valence-corrected chi connectivity index (χ2v) is 7.79. The average Bonchev–Trinajstić information content (AvgIpc) is 2.84. The monoisotopic (exact) mass is 542 g/mol. The van der Waals surface area contributed by atoms with Gasteiger partial charge in [0, 0.05) is 16.1 Å². The van der Waals surface area contributed by atoms with Crippen molar-refractivity contribution in [3.63, 3.8) is 0 Å². The molecule has 12 heteroatoms. The molecule has 2 N–H and O–H groups in total. The van der Waals surface area contributed by atoms with Gasteiger partial charge < -0.3 is 10.1 Å². The van der Waals surface area contributed by atoms with Gasteiger partial charge in [-0.15, -0.1) is 0 Å². The largest absolute Gasteiger partial charge is 0.422 e. The summed E-state index contributed by atoms with van der Waals surface area (Å²) in [7, 11) is 0. The van der Waals surface area contributed by atoms with Gasteiger partial charge in [-0.3, -0.25) is 19.7 Å². The van der Waals surface area contributed by atoms with Crippen LogP contribution in [0.5, 0.6) is 5.75 Å². The first-order chi connectivity index (χ1) is 16.7. The summed E-state index contributed by atoms with van der Waals surface area (Å²) in [6.07, 6.45) is 0. The number of hydrogen-bond acceptors (Lipinski definition) is 7. The van der Waals surface area contributed by atoms with Crippen LogP contribution >= 0.6 is 15.9 Å². The standard InChI is InChI=1S/C23H16BrFN4O6/c1-13(27-28-22(31)21(30)26-18-11-10-14(24)12-17(18)25)15-6-3-5-9-20(15)35-23(32)16-7-2-4-8-19(16)29(33)34/h2-12H,1H3,(H,26,30)(H,28,31)/b27-13+. The van der Waals surface area contributed by atoms with Gasteiger partial charge >= 0.3 is 17.8 Å². The molecule has 2 amide bonds. The number of nitrogens with one attached hydrogen (secondary N) is 2. The minimum Gasteiger partial charge on any atom is -0.422 e. The zero-order valence-electron chi connectivity index (χ0n) is 18.0. The smallest absolute Gasteiger partial charge is 0.350 e. The fourth-order valence-corrected chi connectivity index (χ4v) is 3.16. The number of hydrogen-bond donors (Lipinski definition) is 2. The number of anilines is 1. The number of halogens is 2. The van der Waals surface area contributed by atoms with Crippen LogP contribution in [0.3, 0.4) is 0 Å². The highest BCUT2D eigenvalue weighted by molar-refractivity contribution is 9.10. The zero-order valence-corrected chi connectivity index (χ0v) is 19.5. The van der Waals surface area contributed by atoms with Crippen molar-refractivity contribution in [3.05, 3.63) is 98.3 Å². The lowest BCUT2D eigenvalue weighted by molar-refractivity contribution is -0.385. The number of benzene rings is 3. The van der Waals surface area contributed by atoms with Crippen molar-refractivity contribution < 1.29 is 28.4 Å². The Bertz CT molecular complexity index is 1360. The van der Waals surface area contributed by atoms with Crippen LogP contribution < -0.4 is 15.5 Å². The molecule has 0 saturated heterocycles. The molecule has 0 aliphatic heterocycles. The molecular weight excluding hydrogens is 527 g/mol. The third kappa shape index (κ3) is 6.32. The summed E-state index contributed by atoms with van der Waals surface area (Å²) in [6.45, 7) is 1.48. The SMILES string of the molecule is C/C(=N\NC(=O)C(=O)Nc1ccc(Br)cc1F)c1ccccc1OC(=O)c1ccccc1[N+](=O)[O-]. The molecule has 35 heavy (non-hydrogen) atoms. The van der Waals surface area contributed by atoms with Gasteiger partial charge in [-0.1, -0.05) is 40.2 Å². The Morgan fingerprint density at radius 3 is 2.34 bits per heavy atom. The summed E-state index contributed by atoms with van der Waals surface area (Å²) >= 11 is 3.09. The molecule has 0 unspecified atom stereocenters. The van der Waals surface area contributed by atoms with E-state index in [1.807, 2.05) is 5.43 Å². The van der Waals surface area contributed by atoms with Gasteiger partial charge in [0.15, 0.2) is 0 Å². The summed E-state index contributed by atoms with van der Waals surface area (Å²) < 4.78 is 19.7. The van der Waals surface area contributed by atoms with Crippen LogP contribution in [0.4, 0.5) is 15.8 Å². The highest BCUT2D eigenvalue weighted by Gasteiger charge is 2.22. The molecular formula is C23H16BrFN4O6. The Labute approximate surface area is 206 Å². The van der Waals surface area contributed by atoms with Crippen molar-refractivity contribution >= 4 is 50.8 Å². The van der Waals surface area contributed by atoms with Gasteiger partial charge in [0.1, 0.15) is 17.1 Å². The number of nitro groups is 1. The number of hydrazone groups is 1. The molecule has 3 aromatic carbocycles. The maximum Gasteiger partial charge on any atom is 0.350 e. The van der Waals surface area contributed by atoms with E-state index in [2.05, 4.69) is 26.3 Å². The second-order valence-electron chi connectivity index (χ2n) is 6.88. The molecule has 3 rings (SSSR count). The minimum absolute atomic E-state index is 0.0209. The van der Waals surface area contributed by atoms with Crippen LogP contribution in [0.15, 0.2) is 76.3 Å². The van der Waals surface area contributed by atoms with Crippen LogP contribution in [-0.4, -0.2) is 28.4 Å². The van der Waals surface area contributed by atoms with Gasteiger partial charge in [0.2, 0.25) is 0 Å². The number of ether oxygens (including phenoxy) is 1. The molecule has 0 aliphatic rings. The number of esters is 1. The van der Waals surface area contributed by atoms with E-state index in [9.17, 15) is 28.9 Å². The van der Waals surface area contributed by atoms with E-state index in [1.54, 1.807) is 12.1 Å². The second kappa shape index (κ2) is 11.1. The van der Waals surface area contributed by atoms with E-state index < -0.39 is 34.2 Å². The van der Waals surface area contributed by atoms with E-state index in [4.69, 9.17) is 4.74 Å². The topological polar surface area (TPSA) is 140 Å². The Balaban J connectivity index is 1.73. The third-order valence-electron chi connectivity index (χ3n) is 4.51. The van der Waals surface area contributed by atoms with Crippen LogP contribution in [0, 0.1) is 15.9 Å². The molecule has 10 nitrogen and oxygen atoms in total. The van der Waals surface area contributed by atoms with Gasteiger partial charge in [-0.25, -0.2) is 14.6 Å². The van der Waals surface area contributed by atoms with Crippen molar-refractivity contribution in [3.8, 4) is 5.75 Å². The Kier molecular flexibility index (Phi) is 8.00. The first-order valence-electron chi connectivity index (χ1n) is 9.83. The Morgan fingerprint density at radius 1 is 1.00 bits per heavy atom. The molecule has 0 aliphatic carbocycles. The lowest BCUT2D eigenvalue weighted by atomic mass is 10.1. The summed E-state index contributed by atoms with van der Waals surface area (Å²) in [5.74, 6) is -4.00.